The molecule has 1 heteroatoms. The maximum absolute atomic E-state index is 3.58. The summed E-state index contributed by atoms with van der Waals surface area (Å²) >= 11 is 0. The van der Waals surface area contributed by atoms with Gasteiger partial charge in [-0.3, -0.25) is 0 Å². The van der Waals surface area contributed by atoms with Gasteiger partial charge in [0.1, 0.15) is 0 Å². The molecule has 0 fully saturated rings. The van der Waals surface area contributed by atoms with Gasteiger partial charge in [-0.05, 0) is 55.0 Å². The second-order valence-corrected chi connectivity index (χ2v) is 8.43. The first-order valence-corrected chi connectivity index (χ1v) is 12.3. The van der Waals surface area contributed by atoms with E-state index in [2.05, 4.69) is 66.9 Å². The van der Waals surface area contributed by atoms with Gasteiger partial charge in [0.05, 0.1) is 0 Å². The number of rotatable bonds is 17. The van der Waals surface area contributed by atoms with Crippen LogP contribution in [0.1, 0.15) is 96.8 Å². The number of unbranched alkanes of at least 4 members (excludes halogenated alkanes) is 12. The van der Waals surface area contributed by atoms with Crippen molar-refractivity contribution in [3.8, 4) is 0 Å². The van der Waals surface area contributed by atoms with Crippen LogP contribution in [0.2, 0.25) is 0 Å². The van der Waals surface area contributed by atoms with Gasteiger partial charge < -0.3 is 5.32 Å². The van der Waals surface area contributed by atoms with Crippen molar-refractivity contribution < 1.29 is 0 Å². The molecule has 2 rings (SSSR count). The Morgan fingerprint density at radius 2 is 1.21 bits per heavy atom. The Morgan fingerprint density at radius 1 is 0.621 bits per heavy atom. The molecular formula is C28H43N. The Labute approximate surface area is 180 Å². The summed E-state index contributed by atoms with van der Waals surface area (Å²) in [6, 6.07) is 15.2. The quantitative estimate of drug-likeness (QED) is 0.208. The highest BCUT2D eigenvalue weighted by Gasteiger charge is 1.96. The lowest BCUT2D eigenvalue weighted by Gasteiger charge is -2.07. The summed E-state index contributed by atoms with van der Waals surface area (Å²) in [5, 5.41) is 6.21. The van der Waals surface area contributed by atoms with E-state index in [1.807, 2.05) is 0 Å². The van der Waals surface area contributed by atoms with Crippen molar-refractivity contribution in [1.29, 1.82) is 0 Å². The molecule has 29 heavy (non-hydrogen) atoms. The number of hydrogen-bond acceptors (Lipinski definition) is 1. The summed E-state index contributed by atoms with van der Waals surface area (Å²) in [4.78, 5) is 0. The van der Waals surface area contributed by atoms with Crippen molar-refractivity contribution in [3.63, 3.8) is 0 Å². The minimum Gasteiger partial charge on any atom is -0.385 e. The summed E-state index contributed by atoms with van der Waals surface area (Å²) in [5.41, 5.74) is 1.25. The first kappa shape index (κ1) is 23.5. The van der Waals surface area contributed by atoms with E-state index in [9.17, 15) is 0 Å². The molecule has 0 heterocycles. The van der Waals surface area contributed by atoms with Crippen LogP contribution in [0.25, 0.3) is 10.8 Å². The molecule has 0 unspecified atom stereocenters. The molecule has 0 atom stereocenters. The minimum absolute atomic E-state index is 1.08. The third kappa shape index (κ3) is 11.1. The molecular weight excluding hydrogens is 350 g/mol. The molecule has 2 aromatic carbocycles. The third-order valence-corrected chi connectivity index (χ3v) is 5.77. The van der Waals surface area contributed by atoms with E-state index in [0.29, 0.717) is 0 Å². The molecule has 1 nitrogen and oxygen atoms in total. The lowest BCUT2D eigenvalue weighted by Crippen LogP contribution is -2.01. The minimum atomic E-state index is 1.08. The molecule has 1 N–H and O–H groups in total. The molecule has 0 aliphatic rings. The zero-order valence-corrected chi connectivity index (χ0v) is 18.8. The van der Waals surface area contributed by atoms with Crippen LogP contribution in [0.5, 0.6) is 0 Å². The van der Waals surface area contributed by atoms with Gasteiger partial charge in [-0.1, -0.05) is 107 Å². The third-order valence-electron chi connectivity index (χ3n) is 5.77. The van der Waals surface area contributed by atoms with Crippen LogP contribution in [0, 0.1) is 0 Å². The smallest absolute Gasteiger partial charge is 0.0346 e. The Bertz CT molecular complexity index is 673. The zero-order chi connectivity index (χ0) is 20.4. The van der Waals surface area contributed by atoms with Gasteiger partial charge in [-0.2, -0.15) is 0 Å². The van der Waals surface area contributed by atoms with E-state index < -0.39 is 0 Å². The molecule has 0 spiro atoms. The van der Waals surface area contributed by atoms with Crippen molar-refractivity contribution in [2.24, 2.45) is 0 Å². The van der Waals surface area contributed by atoms with Gasteiger partial charge in [0, 0.05) is 12.2 Å². The lowest BCUT2D eigenvalue weighted by atomic mass is 10.1. The topological polar surface area (TPSA) is 12.0 Å². The number of nitrogens with one attached hydrogen (secondary N) is 1. The Morgan fingerprint density at radius 3 is 1.90 bits per heavy atom. The van der Waals surface area contributed by atoms with Crippen LogP contribution in [-0.2, 0) is 0 Å². The van der Waals surface area contributed by atoms with E-state index >= 15 is 0 Å². The monoisotopic (exact) mass is 393 g/mol. The van der Waals surface area contributed by atoms with Crippen molar-refractivity contribution in [1.82, 2.24) is 0 Å². The fourth-order valence-electron chi connectivity index (χ4n) is 3.90. The van der Waals surface area contributed by atoms with Crippen molar-refractivity contribution in [3.05, 3.63) is 54.6 Å². The molecule has 0 amide bonds. The fraction of sp³-hybridized carbons (Fsp3) is 0.571. The van der Waals surface area contributed by atoms with Crippen molar-refractivity contribution in [2.45, 2.75) is 96.8 Å². The summed E-state index contributed by atoms with van der Waals surface area (Å²) in [7, 11) is 0. The fourth-order valence-corrected chi connectivity index (χ4v) is 3.90. The van der Waals surface area contributed by atoms with Crippen LogP contribution in [0.15, 0.2) is 54.6 Å². The van der Waals surface area contributed by atoms with E-state index in [1.165, 1.54) is 106 Å². The summed E-state index contributed by atoms with van der Waals surface area (Å²) in [6.45, 7) is 3.37. The van der Waals surface area contributed by atoms with Crippen LogP contribution in [0.4, 0.5) is 5.69 Å². The Hall–Kier alpha value is -1.76. The van der Waals surface area contributed by atoms with E-state index in [1.54, 1.807) is 0 Å². The molecule has 0 aromatic heterocycles. The predicted octanol–water partition coefficient (Wildman–Crippen LogP) is 9.29. The first-order chi connectivity index (χ1) is 14.4. The molecule has 0 radical (unpaired) electrons. The maximum atomic E-state index is 3.58. The average molecular weight is 394 g/mol. The highest BCUT2D eigenvalue weighted by Crippen LogP contribution is 2.19. The van der Waals surface area contributed by atoms with Gasteiger partial charge in [0.15, 0.2) is 0 Å². The number of allylic oxidation sites excluding steroid dienone is 2. The largest absolute Gasteiger partial charge is 0.385 e. The normalized spacial score (nSPS) is 11.5. The highest BCUT2D eigenvalue weighted by molar-refractivity contribution is 5.85. The Balaban J connectivity index is 1.36. The molecule has 0 aliphatic heterocycles. The van der Waals surface area contributed by atoms with Crippen LogP contribution in [-0.4, -0.2) is 6.54 Å². The second-order valence-electron chi connectivity index (χ2n) is 8.43. The predicted molar refractivity (Wildman–Crippen MR) is 132 cm³/mol. The molecule has 2 aromatic rings. The molecule has 0 bridgehead atoms. The summed E-state index contributed by atoms with van der Waals surface area (Å²) in [6.07, 6.45) is 23.9. The van der Waals surface area contributed by atoms with Crippen LogP contribution < -0.4 is 5.32 Å². The van der Waals surface area contributed by atoms with Gasteiger partial charge in [-0.15, -0.1) is 0 Å². The number of hydrogen-bond donors (Lipinski definition) is 1. The maximum Gasteiger partial charge on any atom is 0.0346 e. The lowest BCUT2D eigenvalue weighted by molar-refractivity contribution is 0.602. The Kier molecular flexibility index (Phi) is 13.0. The number of benzene rings is 2. The number of anilines is 1. The van der Waals surface area contributed by atoms with Crippen molar-refractivity contribution >= 4 is 16.5 Å². The second kappa shape index (κ2) is 16.1. The zero-order valence-electron chi connectivity index (χ0n) is 18.8. The SMILES string of the molecule is CCCCCCCCC=CCCCCCCCCNc1ccc2ccccc2c1. The molecule has 0 saturated carbocycles. The van der Waals surface area contributed by atoms with Crippen LogP contribution in [0.3, 0.4) is 0 Å². The van der Waals surface area contributed by atoms with E-state index in [-0.39, 0.29) is 0 Å². The van der Waals surface area contributed by atoms with Gasteiger partial charge in [0.25, 0.3) is 0 Å². The number of fused-ring (bicyclic) bond motifs is 1. The molecule has 0 saturated heterocycles. The average Bonchev–Trinajstić information content (AvgIpc) is 2.76. The standard InChI is InChI=1S/C28H43N/c1-2-3-4-5-6-7-8-9-10-11-12-13-14-15-16-19-24-29-28-23-22-26-20-17-18-21-27(26)25-28/h9-10,17-18,20-23,25,29H,2-8,11-16,19,24H2,1H3. The van der Waals surface area contributed by atoms with E-state index in [0.717, 1.165) is 6.54 Å². The van der Waals surface area contributed by atoms with Gasteiger partial charge >= 0.3 is 0 Å². The summed E-state index contributed by atoms with van der Waals surface area (Å²) < 4.78 is 0. The van der Waals surface area contributed by atoms with Crippen molar-refractivity contribution in [2.75, 3.05) is 11.9 Å². The summed E-state index contributed by atoms with van der Waals surface area (Å²) in [5.74, 6) is 0. The van der Waals surface area contributed by atoms with E-state index in [4.69, 9.17) is 0 Å². The molecule has 160 valence electrons. The first-order valence-electron chi connectivity index (χ1n) is 12.3. The van der Waals surface area contributed by atoms with Crippen LogP contribution >= 0.6 is 0 Å². The van der Waals surface area contributed by atoms with Gasteiger partial charge in [0.2, 0.25) is 0 Å². The highest BCUT2D eigenvalue weighted by atomic mass is 14.9. The van der Waals surface area contributed by atoms with Gasteiger partial charge in [-0.25, -0.2) is 0 Å². The molecule has 0 aliphatic carbocycles.